The van der Waals surface area contributed by atoms with Gasteiger partial charge in [-0.25, -0.2) is 0 Å². The fraction of sp³-hybridized carbons (Fsp3) is 0.250. The number of anilines is 1. The fourth-order valence-electron chi connectivity index (χ4n) is 6.27. The lowest BCUT2D eigenvalue weighted by atomic mass is 9.54. The van der Waals surface area contributed by atoms with Crippen LogP contribution in [0.2, 0.25) is 0 Å². The summed E-state index contributed by atoms with van der Waals surface area (Å²) < 4.78 is 0. The van der Waals surface area contributed by atoms with E-state index in [1.54, 1.807) is 0 Å². The summed E-state index contributed by atoms with van der Waals surface area (Å²) in [5.74, 6) is -3.22. The van der Waals surface area contributed by atoms with Gasteiger partial charge in [-0.1, -0.05) is 54.6 Å². The van der Waals surface area contributed by atoms with E-state index in [-0.39, 0.29) is 0 Å². The van der Waals surface area contributed by atoms with Crippen molar-refractivity contribution in [3.05, 3.63) is 100 Å². The molecule has 2 atom stereocenters. The molecule has 1 aliphatic heterocycles. The number of nitrogens with zero attached hydrogens (tertiary/aromatic N) is 1. The van der Waals surface area contributed by atoms with Crippen molar-refractivity contribution < 1.29 is 14.4 Å². The van der Waals surface area contributed by atoms with Crippen molar-refractivity contribution in [1.82, 2.24) is 4.90 Å². The summed E-state index contributed by atoms with van der Waals surface area (Å²) in [6, 6.07) is 20.6. The van der Waals surface area contributed by atoms with Gasteiger partial charge in [-0.3, -0.25) is 19.3 Å². The lowest BCUT2D eigenvalue weighted by molar-refractivity contribution is -0.142. The Morgan fingerprint density at radius 1 is 0.800 bits per heavy atom. The third-order valence-corrected chi connectivity index (χ3v) is 8.77. The van der Waals surface area contributed by atoms with Crippen LogP contribution in [0.5, 0.6) is 0 Å². The summed E-state index contributed by atoms with van der Waals surface area (Å²) in [5.41, 5.74) is 5.56. The third-order valence-electron chi connectivity index (χ3n) is 7.48. The Kier molecular flexibility index (Phi) is 4.73. The number of imide groups is 1. The molecule has 0 radical (unpaired) electrons. The lowest BCUT2D eigenvalue weighted by Crippen LogP contribution is -2.57. The number of likely N-dealkylation sites (tertiary alicyclic amines) is 1. The molecule has 3 amide bonds. The Morgan fingerprint density at radius 2 is 1.20 bits per heavy atom. The summed E-state index contributed by atoms with van der Waals surface area (Å²) in [6.07, 6.45) is 0. The highest BCUT2D eigenvalue weighted by atomic mass is 35.5. The van der Waals surface area contributed by atoms with E-state index in [9.17, 15) is 14.4 Å². The van der Waals surface area contributed by atoms with E-state index in [1.807, 2.05) is 80.6 Å². The van der Waals surface area contributed by atoms with Crippen molar-refractivity contribution in [3.63, 3.8) is 0 Å². The van der Waals surface area contributed by atoms with E-state index in [1.165, 1.54) is 0 Å². The standard InChI is InChI=1S/C28H22Cl2N2O3/c1-15-11-16(2)13-17(12-15)31-22(33)14-32-25(34)23-24(26(32)35)28(30)19-8-4-3-7-18(19)27(23,29)20-9-5-6-10-21(20)28/h3-13,23-24H,14H2,1-2H3,(H,31,33)/t23-,24-,27?,28?/m0/s1. The zero-order valence-corrected chi connectivity index (χ0v) is 20.7. The SMILES string of the molecule is Cc1cc(C)cc(NC(=O)CN2C(=O)[C@@H]3[C@@H](C2=O)C2(Cl)c4ccccc4C3(Cl)c3ccccc32)c1. The Bertz CT molecular complexity index is 1310. The topological polar surface area (TPSA) is 66.5 Å². The Balaban J connectivity index is 1.41. The molecule has 176 valence electrons. The van der Waals surface area contributed by atoms with Gasteiger partial charge in [-0.15, -0.1) is 23.2 Å². The minimum Gasteiger partial charge on any atom is -0.325 e. The molecule has 1 N–H and O–H groups in total. The van der Waals surface area contributed by atoms with Gasteiger partial charge in [0.2, 0.25) is 17.7 Å². The van der Waals surface area contributed by atoms with E-state index < -0.39 is 45.9 Å². The normalized spacial score (nSPS) is 27.9. The maximum atomic E-state index is 13.8. The number of nitrogens with one attached hydrogen (secondary N) is 1. The van der Waals surface area contributed by atoms with Crippen molar-refractivity contribution in [3.8, 4) is 0 Å². The molecule has 0 saturated carbocycles. The van der Waals surface area contributed by atoms with E-state index in [4.69, 9.17) is 23.2 Å². The molecule has 0 unspecified atom stereocenters. The van der Waals surface area contributed by atoms with E-state index in [0.717, 1.165) is 38.3 Å². The van der Waals surface area contributed by atoms with Crippen LogP contribution in [-0.2, 0) is 24.1 Å². The largest absolute Gasteiger partial charge is 0.325 e. The van der Waals surface area contributed by atoms with E-state index in [2.05, 4.69) is 5.32 Å². The van der Waals surface area contributed by atoms with Crippen molar-refractivity contribution >= 4 is 46.6 Å². The first-order chi connectivity index (χ1) is 16.7. The van der Waals surface area contributed by atoms with Gasteiger partial charge in [-0.2, -0.15) is 0 Å². The molecule has 4 aliphatic rings. The predicted octanol–water partition coefficient (Wildman–Crippen LogP) is 4.84. The average Bonchev–Trinajstić information content (AvgIpc) is 3.07. The van der Waals surface area contributed by atoms with E-state index in [0.29, 0.717) is 5.69 Å². The Hall–Kier alpha value is -3.15. The first kappa shape index (κ1) is 22.3. The molecule has 5 nitrogen and oxygen atoms in total. The van der Waals surface area contributed by atoms with Crippen LogP contribution in [0.1, 0.15) is 33.4 Å². The number of hydrogen-bond acceptors (Lipinski definition) is 3. The minimum atomic E-state index is -1.25. The van der Waals surface area contributed by atoms with Gasteiger partial charge in [0.05, 0.1) is 11.8 Å². The molecule has 1 heterocycles. The highest BCUT2D eigenvalue weighted by Gasteiger charge is 2.73. The minimum absolute atomic E-state index is 0.399. The van der Waals surface area contributed by atoms with Gasteiger partial charge in [-0.05, 0) is 59.4 Å². The predicted molar refractivity (Wildman–Crippen MR) is 134 cm³/mol. The summed E-state index contributed by atoms with van der Waals surface area (Å²) in [4.78, 5) is 39.0. The molecule has 3 aromatic carbocycles. The molecule has 1 fully saturated rings. The molecule has 35 heavy (non-hydrogen) atoms. The molecule has 0 spiro atoms. The number of alkyl halides is 2. The number of rotatable bonds is 3. The molecule has 2 bridgehead atoms. The van der Waals surface area contributed by atoms with Crippen molar-refractivity contribution in [1.29, 1.82) is 0 Å². The third kappa shape index (κ3) is 2.85. The smallest absolute Gasteiger partial charge is 0.244 e. The Morgan fingerprint density at radius 3 is 1.60 bits per heavy atom. The van der Waals surface area contributed by atoms with Gasteiger partial charge in [0.25, 0.3) is 0 Å². The van der Waals surface area contributed by atoms with Crippen LogP contribution < -0.4 is 5.32 Å². The van der Waals surface area contributed by atoms with Gasteiger partial charge in [0.15, 0.2) is 0 Å². The maximum absolute atomic E-state index is 13.8. The van der Waals surface area contributed by atoms with Crippen LogP contribution in [0.15, 0.2) is 66.7 Å². The summed E-state index contributed by atoms with van der Waals surface area (Å²) in [5, 5.41) is 2.81. The second-order valence-electron chi connectivity index (χ2n) is 9.66. The quantitative estimate of drug-likeness (QED) is 0.410. The number of halogens is 2. The summed E-state index contributed by atoms with van der Waals surface area (Å²) >= 11 is 14.8. The fourth-order valence-corrected chi connectivity index (χ4v) is 7.37. The molecule has 3 aromatic rings. The van der Waals surface area contributed by atoms with Gasteiger partial charge < -0.3 is 5.32 Å². The second-order valence-corrected chi connectivity index (χ2v) is 10.8. The number of amides is 3. The maximum Gasteiger partial charge on any atom is 0.244 e. The van der Waals surface area contributed by atoms with Crippen LogP contribution in [-0.4, -0.2) is 29.2 Å². The second kappa shape index (κ2) is 7.42. The summed E-state index contributed by atoms with van der Waals surface area (Å²) in [6.45, 7) is 3.47. The number of aryl methyl sites for hydroxylation is 2. The highest BCUT2D eigenvalue weighted by Crippen LogP contribution is 2.69. The molecular weight excluding hydrogens is 483 g/mol. The van der Waals surface area contributed by atoms with Gasteiger partial charge in [0, 0.05) is 5.69 Å². The lowest BCUT2D eigenvalue weighted by Gasteiger charge is -2.54. The first-order valence-electron chi connectivity index (χ1n) is 11.5. The molecule has 7 heteroatoms. The first-order valence-corrected chi connectivity index (χ1v) is 12.2. The van der Waals surface area contributed by atoms with Crippen LogP contribution >= 0.6 is 23.2 Å². The Labute approximate surface area is 213 Å². The molecular formula is C28H22Cl2N2O3. The number of hydrogen-bond donors (Lipinski definition) is 1. The van der Waals surface area contributed by atoms with Gasteiger partial charge in [0.1, 0.15) is 16.3 Å². The number of carbonyl (C=O) groups is 3. The monoisotopic (exact) mass is 504 g/mol. The van der Waals surface area contributed by atoms with Crippen molar-refractivity contribution in [2.75, 3.05) is 11.9 Å². The van der Waals surface area contributed by atoms with Gasteiger partial charge >= 0.3 is 0 Å². The molecule has 1 saturated heterocycles. The average molecular weight is 505 g/mol. The molecule has 0 aromatic heterocycles. The number of benzene rings is 3. The van der Waals surface area contributed by atoms with Crippen LogP contribution in [0.3, 0.4) is 0 Å². The zero-order chi connectivity index (χ0) is 24.7. The molecule has 3 aliphatic carbocycles. The van der Waals surface area contributed by atoms with Crippen molar-refractivity contribution in [2.45, 2.75) is 23.6 Å². The zero-order valence-electron chi connectivity index (χ0n) is 19.1. The van der Waals surface area contributed by atoms with E-state index >= 15 is 0 Å². The van der Waals surface area contributed by atoms with Crippen molar-refractivity contribution in [2.24, 2.45) is 11.8 Å². The highest BCUT2D eigenvalue weighted by molar-refractivity contribution is 6.36. The van der Waals surface area contributed by atoms with Crippen LogP contribution in [0.4, 0.5) is 5.69 Å². The van der Waals surface area contributed by atoms with Crippen LogP contribution in [0, 0.1) is 25.7 Å². The molecule has 7 rings (SSSR count). The summed E-state index contributed by atoms with van der Waals surface area (Å²) in [7, 11) is 0. The number of carbonyl (C=O) groups excluding carboxylic acids is 3. The van der Waals surface area contributed by atoms with Crippen LogP contribution in [0.25, 0.3) is 0 Å².